The number of fused-ring (bicyclic) bond motifs is 1. The van der Waals surface area contributed by atoms with Gasteiger partial charge in [-0.3, -0.25) is 14.5 Å². The lowest BCUT2D eigenvalue weighted by atomic mass is 10.1. The van der Waals surface area contributed by atoms with E-state index in [-0.39, 0.29) is 42.9 Å². The standard InChI is InChI=1S/C17H23N3O4S.ClH/c1-18-13-7-10-19(11-8-13)25(23,24)12-4-9-20-16(21)14-5-2-3-6-15(14)17(20)22;/h2-3,5-6,13,18H,4,7-12H2,1H3;1H. The molecule has 0 bridgehead atoms. The number of carbonyl (C=O) groups excluding carboxylic acids is 2. The molecule has 1 aromatic carbocycles. The molecular formula is C17H24ClN3O4S. The minimum atomic E-state index is -3.35. The second kappa shape index (κ2) is 8.47. The zero-order chi connectivity index (χ0) is 18.0. The molecule has 2 heterocycles. The van der Waals surface area contributed by atoms with Crippen molar-refractivity contribution >= 4 is 34.2 Å². The number of nitrogens with zero attached hydrogens (tertiary/aromatic N) is 2. The number of halogens is 1. The molecule has 1 saturated heterocycles. The molecule has 26 heavy (non-hydrogen) atoms. The van der Waals surface area contributed by atoms with E-state index in [1.807, 2.05) is 7.05 Å². The van der Waals surface area contributed by atoms with Gasteiger partial charge in [-0.05, 0) is 38.4 Å². The summed E-state index contributed by atoms with van der Waals surface area (Å²) in [5.74, 6) is -0.731. The summed E-state index contributed by atoms with van der Waals surface area (Å²) in [6.45, 7) is 1.15. The number of piperidine rings is 1. The topological polar surface area (TPSA) is 86.8 Å². The molecule has 1 fully saturated rings. The molecule has 1 aromatic rings. The van der Waals surface area contributed by atoms with E-state index in [4.69, 9.17) is 0 Å². The Bertz CT molecular complexity index is 741. The quantitative estimate of drug-likeness (QED) is 0.721. The molecule has 2 aliphatic rings. The Balaban J connectivity index is 0.00000243. The van der Waals surface area contributed by atoms with Gasteiger partial charge in [0, 0.05) is 25.7 Å². The maximum absolute atomic E-state index is 12.5. The first-order chi connectivity index (χ1) is 11.9. The fraction of sp³-hybridized carbons (Fsp3) is 0.529. The summed E-state index contributed by atoms with van der Waals surface area (Å²) >= 11 is 0. The fourth-order valence-corrected chi connectivity index (χ4v) is 4.92. The van der Waals surface area contributed by atoms with Gasteiger partial charge in [-0.1, -0.05) is 12.1 Å². The van der Waals surface area contributed by atoms with E-state index in [0.29, 0.717) is 30.3 Å². The van der Waals surface area contributed by atoms with E-state index < -0.39 is 10.0 Å². The molecule has 2 aliphatic heterocycles. The molecular weight excluding hydrogens is 378 g/mol. The number of amides is 2. The van der Waals surface area contributed by atoms with Crippen LogP contribution in [0, 0.1) is 0 Å². The Labute approximate surface area is 160 Å². The summed E-state index contributed by atoms with van der Waals surface area (Å²) in [5, 5.41) is 3.17. The molecule has 0 atom stereocenters. The molecule has 0 aliphatic carbocycles. The average Bonchev–Trinajstić information content (AvgIpc) is 2.87. The Morgan fingerprint density at radius 3 is 2.12 bits per heavy atom. The second-order valence-electron chi connectivity index (χ2n) is 6.44. The summed E-state index contributed by atoms with van der Waals surface area (Å²) in [6, 6.07) is 7.04. The molecule has 7 nitrogen and oxygen atoms in total. The number of benzene rings is 1. The Hall–Kier alpha value is -1.48. The largest absolute Gasteiger partial charge is 0.317 e. The van der Waals surface area contributed by atoms with Gasteiger partial charge in [0.2, 0.25) is 10.0 Å². The molecule has 0 unspecified atom stereocenters. The minimum Gasteiger partial charge on any atom is -0.317 e. The lowest BCUT2D eigenvalue weighted by Crippen LogP contribution is -2.45. The maximum Gasteiger partial charge on any atom is 0.261 e. The van der Waals surface area contributed by atoms with Crippen molar-refractivity contribution < 1.29 is 18.0 Å². The van der Waals surface area contributed by atoms with Crippen LogP contribution in [-0.4, -0.2) is 67.9 Å². The maximum atomic E-state index is 12.5. The number of hydrogen-bond donors (Lipinski definition) is 1. The van der Waals surface area contributed by atoms with Gasteiger partial charge in [0.05, 0.1) is 16.9 Å². The van der Waals surface area contributed by atoms with Crippen molar-refractivity contribution in [2.24, 2.45) is 0 Å². The van der Waals surface area contributed by atoms with Crippen molar-refractivity contribution in [3.63, 3.8) is 0 Å². The van der Waals surface area contributed by atoms with Gasteiger partial charge < -0.3 is 5.32 Å². The van der Waals surface area contributed by atoms with Crippen LogP contribution in [0.3, 0.4) is 0 Å². The van der Waals surface area contributed by atoms with Gasteiger partial charge >= 0.3 is 0 Å². The van der Waals surface area contributed by atoms with Crippen LogP contribution < -0.4 is 5.32 Å². The van der Waals surface area contributed by atoms with Crippen molar-refractivity contribution in [1.29, 1.82) is 0 Å². The van der Waals surface area contributed by atoms with E-state index in [0.717, 1.165) is 17.7 Å². The van der Waals surface area contributed by atoms with Crippen LogP contribution in [0.1, 0.15) is 40.0 Å². The number of nitrogens with one attached hydrogen (secondary N) is 1. The van der Waals surface area contributed by atoms with Crippen LogP contribution in [0.5, 0.6) is 0 Å². The van der Waals surface area contributed by atoms with Gasteiger partial charge in [-0.25, -0.2) is 12.7 Å². The van der Waals surface area contributed by atoms with Gasteiger partial charge in [-0.2, -0.15) is 0 Å². The smallest absolute Gasteiger partial charge is 0.261 e. The third kappa shape index (κ3) is 4.09. The van der Waals surface area contributed by atoms with E-state index in [2.05, 4.69) is 5.32 Å². The number of rotatable bonds is 6. The number of sulfonamides is 1. The molecule has 3 rings (SSSR count). The van der Waals surface area contributed by atoms with E-state index in [1.54, 1.807) is 24.3 Å². The van der Waals surface area contributed by atoms with E-state index in [9.17, 15) is 18.0 Å². The Morgan fingerprint density at radius 2 is 1.62 bits per heavy atom. The zero-order valence-corrected chi connectivity index (χ0v) is 16.3. The second-order valence-corrected chi connectivity index (χ2v) is 8.53. The molecule has 0 saturated carbocycles. The third-order valence-corrected chi connectivity index (χ3v) is 6.87. The molecule has 2 amide bonds. The molecule has 0 spiro atoms. The highest BCUT2D eigenvalue weighted by Gasteiger charge is 2.35. The van der Waals surface area contributed by atoms with Gasteiger partial charge in [0.15, 0.2) is 0 Å². The van der Waals surface area contributed by atoms with Crippen LogP contribution in [0.2, 0.25) is 0 Å². The summed E-state index contributed by atoms with van der Waals surface area (Å²) in [5.41, 5.74) is 0.786. The number of imide groups is 1. The summed E-state index contributed by atoms with van der Waals surface area (Å²) in [4.78, 5) is 25.7. The predicted octanol–water partition coefficient (Wildman–Crippen LogP) is 1.11. The molecule has 0 aromatic heterocycles. The number of hydrogen-bond acceptors (Lipinski definition) is 5. The highest BCUT2D eigenvalue weighted by Crippen LogP contribution is 2.23. The van der Waals surface area contributed by atoms with Crippen molar-refractivity contribution in [1.82, 2.24) is 14.5 Å². The highest BCUT2D eigenvalue weighted by atomic mass is 35.5. The fourth-order valence-electron chi connectivity index (χ4n) is 3.40. The summed E-state index contributed by atoms with van der Waals surface area (Å²) < 4.78 is 26.4. The van der Waals surface area contributed by atoms with Crippen molar-refractivity contribution in [3.8, 4) is 0 Å². The number of carbonyl (C=O) groups is 2. The van der Waals surface area contributed by atoms with Crippen molar-refractivity contribution in [3.05, 3.63) is 35.4 Å². The monoisotopic (exact) mass is 401 g/mol. The molecule has 1 N–H and O–H groups in total. The van der Waals surface area contributed by atoms with E-state index in [1.165, 1.54) is 4.31 Å². The van der Waals surface area contributed by atoms with Crippen LogP contribution in [0.4, 0.5) is 0 Å². The zero-order valence-electron chi connectivity index (χ0n) is 14.7. The first-order valence-electron chi connectivity index (χ1n) is 8.54. The summed E-state index contributed by atoms with van der Waals surface area (Å²) in [7, 11) is -1.47. The average molecular weight is 402 g/mol. The van der Waals surface area contributed by atoms with Crippen LogP contribution >= 0.6 is 12.4 Å². The first kappa shape index (κ1) is 20.8. The van der Waals surface area contributed by atoms with Gasteiger partial charge in [0.1, 0.15) is 0 Å². The highest BCUT2D eigenvalue weighted by molar-refractivity contribution is 7.89. The van der Waals surface area contributed by atoms with Crippen molar-refractivity contribution in [2.45, 2.75) is 25.3 Å². The van der Waals surface area contributed by atoms with Gasteiger partial charge in [0.25, 0.3) is 11.8 Å². The normalized spacial score (nSPS) is 18.7. The van der Waals surface area contributed by atoms with Crippen LogP contribution in [0.25, 0.3) is 0 Å². The molecule has 0 radical (unpaired) electrons. The third-order valence-electron chi connectivity index (χ3n) is 4.92. The Kier molecular flexibility index (Phi) is 6.79. The van der Waals surface area contributed by atoms with E-state index >= 15 is 0 Å². The SMILES string of the molecule is CNC1CCN(S(=O)(=O)CCCN2C(=O)c3ccccc3C2=O)CC1.Cl. The van der Waals surface area contributed by atoms with Crippen molar-refractivity contribution in [2.75, 3.05) is 32.4 Å². The lowest BCUT2D eigenvalue weighted by molar-refractivity contribution is 0.0654. The summed E-state index contributed by atoms with van der Waals surface area (Å²) in [6.07, 6.45) is 1.85. The first-order valence-corrected chi connectivity index (χ1v) is 10.2. The minimum absolute atomic E-state index is 0. The Morgan fingerprint density at radius 1 is 1.08 bits per heavy atom. The molecule has 144 valence electrons. The van der Waals surface area contributed by atoms with Gasteiger partial charge in [-0.15, -0.1) is 12.4 Å². The van der Waals surface area contributed by atoms with Crippen LogP contribution in [0.15, 0.2) is 24.3 Å². The lowest BCUT2D eigenvalue weighted by Gasteiger charge is -2.31. The van der Waals surface area contributed by atoms with Crippen LogP contribution in [-0.2, 0) is 10.0 Å². The predicted molar refractivity (Wildman–Crippen MR) is 101 cm³/mol. The molecule has 9 heteroatoms.